The van der Waals surface area contributed by atoms with Gasteiger partial charge in [0.2, 0.25) is 0 Å². The lowest BCUT2D eigenvalue weighted by Gasteiger charge is -2.23. The van der Waals surface area contributed by atoms with Crippen LogP contribution in [-0.2, 0) is 4.57 Å². The van der Waals surface area contributed by atoms with Crippen molar-refractivity contribution in [3.8, 4) is 17.1 Å². The lowest BCUT2D eigenvalue weighted by atomic mass is 10.3. The van der Waals surface area contributed by atoms with Gasteiger partial charge >= 0.3 is 0 Å². The van der Waals surface area contributed by atoms with E-state index in [1.165, 1.54) is 0 Å². The molecule has 0 aliphatic rings. The second-order valence-electron chi connectivity index (χ2n) is 11.0. The molecule has 0 aliphatic carbocycles. The molecule has 0 N–H and O–H groups in total. The lowest BCUT2D eigenvalue weighted by Crippen LogP contribution is -2.26. The summed E-state index contributed by atoms with van der Waals surface area (Å²) in [7, 11) is -3.29. The fourth-order valence-corrected chi connectivity index (χ4v) is 8.88. The number of rotatable bonds is 6. The molecule has 4 nitrogen and oxygen atoms in total. The summed E-state index contributed by atoms with van der Waals surface area (Å²) in [5, 5.41) is 2.45. The zero-order valence-electron chi connectivity index (χ0n) is 24.6. The number of hydrogen-bond acceptors (Lipinski definition) is 1. The minimum Gasteiger partial charge on any atom is -0.318 e. The molecule has 6 rings (SSSR count). The van der Waals surface area contributed by atoms with Crippen LogP contribution in [0.3, 0.4) is 0 Å². The fourth-order valence-electron chi connectivity index (χ4n) is 6.16. The van der Waals surface area contributed by atoms with Crippen molar-refractivity contribution in [2.24, 2.45) is 0 Å². The number of aromatic nitrogens is 3. The zero-order valence-corrected chi connectivity index (χ0v) is 25.5. The molecule has 0 atom stereocenters. The summed E-state index contributed by atoms with van der Waals surface area (Å²) < 4.78 is 22.5. The lowest BCUT2D eigenvalue weighted by molar-refractivity contribution is 0.592. The van der Waals surface area contributed by atoms with E-state index < -0.39 is 7.14 Å². The molecule has 6 aromatic rings. The van der Waals surface area contributed by atoms with Gasteiger partial charge < -0.3 is 18.3 Å². The Bertz CT molecular complexity index is 1670. The van der Waals surface area contributed by atoms with Crippen LogP contribution < -0.4 is 15.9 Å². The van der Waals surface area contributed by atoms with Gasteiger partial charge in [-0.3, -0.25) is 0 Å². The molecule has 0 saturated heterocycles. The van der Waals surface area contributed by atoms with Crippen LogP contribution in [0.2, 0.25) is 0 Å². The van der Waals surface area contributed by atoms with Crippen molar-refractivity contribution in [3.63, 3.8) is 0 Å². The van der Waals surface area contributed by atoms with Crippen LogP contribution in [-0.4, -0.2) is 13.7 Å². The quantitative estimate of drug-likeness (QED) is 0.195. The third-order valence-corrected chi connectivity index (χ3v) is 11.2. The predicted octanol–water partition coefficient (Wildman–Crippen LogP) is 7.55. The maximum Gasteiger partial charge on any atom is 0.171 e. The Morgan fingerprint density at radius 2 is 0.634 bits per heavy atom. The van der Waals surface area contributed by atoms with Crippen molar-refractivity contribution >= 4 is 23.1 Å². The van der Waals surface area contributed by atoms with Gasteiger partial charge in [-0.2, -0.15) is 0 Å². The van der Waals surface area contributed by atoms with Gasteiger partial charge in [0.25, 0.3) is 0 Å². The standard InChI is InChI=1S/C36H36N3OP/c1-25-16-17-26(2)37(25)31-10-7-13-34(22-31)41(40,35-14-8-11-32(23-35)38-27(3)18-19-28(38)4)36-15-9-12-33(24-36)39-29(5)20-21-30(39)6/h7-24H,1-6H3. The van der Waals surface area contributed by atoms with Crippen molar-refractivity contribution in [1.29, 1.82) is 0 Å². The average Bonchev–Trinajstić information content (AvgIpc) is 3.62. The summed E-state index contributed by atoms with van der Waals surface area (Å²) in [6.07, 6.45) is 0. The van der Waals surface area contributed by atoms with Crippen LogP contribution in [0, 0.1) is 41.5 Å². The molecule has 3 aromatic heterocycles. The number of nitrogens with zero attached hydrogens (tertiary/aromatic N) is 3. The third-order valence-electron chi connectivity index (χ3n) is 8.17. The van der Waals surface area contributed by atoms with Crippen molar-refractivity contribution in [1.82, 2.24) is 13.7 Å². The summed E-state index contributed by atoms with van der Waals surface area (Å²) in [6.45, 7) is 12.6. The summed E-state index contributed by atoms with van der Waals surface area (Å²) in [5.74, 6) is 0. The molecule has 0 radical (unpaired) electrons. The Morgan fingerprint density at radius 1 is 0.390 bits per heavy atom. The smallest absolute Gasteiger partial charge is 0.171 e. The second-order valence-corrected chi connectivity index (χ2v) is 13.8. The fraction of sp³-hybridized carbons (Fsp3) is 0.167. The minimum atomic E-state index is -3.29. The second kappa shape index (κ2) is 10.3. The van der Waals surface area contributed by atoms with E-state index in [9.17, 15) is 0 Å². The largest absolute Gasteiger partial charge is 0.318 e. The van der Waals surface area contributed by atoms with E-state index >= 15 is 4.57 Å². The van der Waals surface area contributed by atoms with Gasteiger partial charge in [0, 0.05) is 67.1 Å². The third kappa shape index (κ3) is 4.53. The van der Waals surface area contributed by atoms with Crippen LogP contribution in [0.25, 0.3) is 17.1 Å². The van der Waals surface area contributed by atoms with E-state index in [4.69, 9.17) is 0 Å². The minimum absolute atomic E-state index is 0.818. The first-order chi connectivity index (χ1) is 19.7. The van der Waals surface area contributed by atoms with Gasteiger partial charge in [-0.05, 0) is 114 Å². The molecular weight excluding hydrogens is 521 g/mol. The molecule has 0 fully saturated rings. The molecule has 3 aromatic carbocycles. The van der Waals surface area contributed by atoms with Gasteiger partial charge in [0.1, 0.15) is 0 Å². The van der Waals surface area contributed by atoms with Gasteiger partial charge in [-0.1, -0.05) is 36.4 Å². The van der Waals surface area contributed by atoms with E-state index in [0.717, 1.165) is 67.1 Å². The highest BCUT2D eigenvalue weighted by Crippen LogP contribution is 2.44. The van der Waals surface area contributed by atoms with Gasteiger partial charge in [0.15, 0.2) is 7.14 Å². The number of benzene rings is 3. The van der Waals surface area contributed by atoms with Crippen molar-refractivity contribution in [2.45, 2.75) is 41.5 Å². The maximum absolute atomic E-state index is 15.9. The zero-order chi connectivity index (χ0) is 28.9. The summed E-state index contributed by atoms with van der Waals surface area (Å²) in [5.41, 5.74) is 9.95. The highest BCUT2D eigenvalue weighted by molar-refractivity contribution is 7.85. The van der Waals surface area contributed by atoms with Crippen LogP contribution in [0.1, 0.15) is 34.2 Å². The molecule has 0 spiro atoms. The summed E-state index contributed by atoms with van der Waals surface area (Å²) in [6, 6.07) is 37.5. The average molecular weight is 558 g/mol. The van der Waals surface area contributed by atoms with E-state index in [0.29, 0.717) is 0 Å². The molecule has 5 heteroatoms. The summed E-state index contributed by atoms with van der Waals surface area (Å²) in [4.78, 5) is 0. The topological polar surface area (TPSA) is 31.9 Å². The Kier molecular flexibility index (Phi) is 6.76. The Labute approximate surface area is 242 Å². The van der Waals surface area contributed by atoms with Crippen LogP contribution >= 0.6 is 7.14 Å². The SMILES string of the molecule is Cc1ccc(C)n1-c1cccc(P(=O)(c2cccc(-n3c(C)ccc3C)c2)c2cccc(-n3c(C)ccc3C)c2)c1. The van der Waals surface area contributed by atoms with E-state index in [-0.39, 0.29) is 0 Å². The first-order valence-corrected chi connectivity index (χ1v) is 15.8. The molecule has 0 bridgehead atoms. The molecule has 3 heterocycles. The highest BCUT2D eigenvalue weighted by atomic mass is 31.2. The number of hydrogen-bond donors (Lipinski definition) is 0. The molecule has 0 saturated carbocycles. The van der Waals surface area contributed by atoms with Crippen molar-refractivity contribution < 1.29 is 4.57 Å². The van der Waals surface area contributed by atoms with Gasteiger partial charge in [-0.15, -0.1) is 0 Å². The van der Waals surface area contributed by atoms with Crippen molar-refractivity contribution in [3.05, 3.63) is 143 Å². The van der Waals surface area contributed by atoms with E-state index in [2.05, 4.69) is 128 Å². The van der Waals surface area contributed by atoms with Crippen LogP contribution in [0.5, 0.6) is 0 Å². The van der Waals surface area contributed by atoms with E-state index in [1.807, 2.05) is 36.4 Å². The molecule has 206 valence electrons. The highest BCUT2D eigenvalue weighted by Gasteiger charge is 2.31. The first kappa shape index (κ1) is 26.9. The number of aryl methyl sites for hydroxylation is 6. The Hall–Kier alpha value is -4.27. The van der Waals surface area contributed by atoms with Gasteiger partial charge in [-0.25, -0.2) is 0 Å². The molecule has 0 amide bonds. The molecular formula is C36H36N3OP. The molecule has 41 heavy (non-hydrogen) atoms. The van der Waals surface area contributed by atoms with Crippen molar-refractivity contribution in [2.75, 3.05) is 0 Å². The van der Waals surface area contributed by atoms with Crippen LogP contribution in [0.15, 0.2) is 109 Å². The Balaban J connectivity index is 1.61. The maximum atomic E-state index is 15.9. The normalized spacial score (nSPS) is 11.8. The molecule has 0 aliphatic heterocycles. The monoisotopic (exact) mass is 557 g/mol. The first-order valence-electron chi connectivity index (χ1n) is 14.1. The Morgan fingerprint density at radius 3 is 0.878 bits per heavy atom. The van der Waals surface area contributed by atoms with E-state index in [1.54, 1.807) is 0 Å². The summed E-state index contributed by atoms with van der Waals surface area (Å²) >= 11 is 0. The molecule has 0 unspecified atom stereocenters. The van der Waals surface area contributed by atoms with Gasteiger partial charge in [0.05, 0.1) is 0 Å². The van der Waals surface area contributed by atoms with Crippen LogP contribution in [0.4, 0.5) is 0 Å². The predicted molar refractivity (Wildman–Crippen MR) is 172 cm³/mol.